The highest BCUT2D eigenvalue weighted by molar-refractivity contribution is 7.89. The Balaban J connectivity index is 2.17. The van der Waals surface area contributed by atoms with Crippen LogP contribution < -0.4 is 4.72 Å². The Hall–Kier alpha value is -0.940. The molecule has 1 heterocycles. The summed E-state index contributed by atoms with van der Waals surface area (Å²) in [5, 5.41) is 0. The summed E-state index contributed by atoms with van der Waals surface area (Å²) in [6.07, 6.45) is 9.88. The molecule has 0 aliphatic heterocycles. The zero-order valence-electron chi connectivity index (χ0n) is 11.6. The van der Waals surface area contributed by atoms with E-state index in [9.17, 15) is 8.42 Å². The third-order valence-electron chi connectivity index (χ3n) is 2.99. The van der Waals surface area contributed by atoms with Crippen molar-refractivity contribution in [3.05, 3.63) is 30.1 Å². The van der Waals surface area contributed by atoms with E-state index in [0.717, 1.165) is 24.8 Å². The second-order valence-corrected chi connectivity index (χ2v) is 6.70. The zero-order valence-corrected chi connectivity index (χ0v) is 12.5. The van der Waals surface area contributed by atoms with Crippen LogP contribution in [-0.2, 0) is 16.6 Å². The number of nitrogens with zero attached hydrogens (tertiary/aromatic N) is 1. The summed E-state index contributed by atoms with van der Waals surface area (Å²) in [5.74, 6) is 0.222. The lowest BCUT2D eigenvalue weighted by Gasteiger charge is -2.06. The van der Waals surface area contributed by atoms with Gasteiger partial charge in [-0.25, -0.2) is 13.1 Å². The van der Waals surface area contributed by atoms with Crippen LogP contribution in [-0.4, -0.2) is 19.2 Å². The summed E-state index contributed by atoms with van der Waals surface area (Å²) in [6, 6.07) is 3.66. The molecule has 108 valence electrons. The third kappa shape index (κ3) is 7.95. The van der Waals surface area contributed by atoms with Crippen LogP contribution in [0.25, 0.3) is 0 Å². The zero-order chi connectivity index (χ0) is 14.0. The van der Waals surface area contributed by atoms with Crippen LogP contribution >= 0.6 is 0 Å². The van der Waals surface area contributed by atoms with Gasteiger partial charge >= 0.3 is 0 Å². The Kier molecular flexibility index (Phi) is 7.67. The molecule has 0 aromatic carbocycles. The SMILES string of the molecule is CCCCCCCCS(=O)(=O)NCc1cccnc1. The van der Waals surface area contributed by atoms with E-state index in [1.54, 1.807) is 18.5 Å². The molecule has 19 heavy (non-hydrogen) atoms. The summed E-state index contributed by atoms with van der Waals surface area (Å²) >= 11 is 0. The average molecular weight is 284 g/mol. The van der Waals surface area contributed by atoms with E-state index in [2.05, 4.69) is 16.6 Å². The van der Waals surface area contributed by atoms with Crippen molar-refractivity contribution < 1.29 is 8.42 Å². The summed E-state index contributed by atoms with van der Waals surface area (Å²) in [5.41, 5.74) is 0.883. The fourth-order valence-electron chi connectivity index (χ4n) is 1.84. The molecular formula is C14H24N2O2S. The van der Waals surface area contributed by atoms with Gasteiger partial charge in [0.1, 0.15) is 0 Å². The van der Waals surface area contributed by atoms with Gasteiger partial charge in [-0.1, -0.05) is 45.1 Å². The molecule has 1 rings (SSSR count). The first-order valence-corrected chi connectivity index (χ1v) is 8.65. The van der Waals surface area contributed by atoms with Gasteiger partial charge in [0, 0.05) is 18.9 Å². The Labute approximate surface area is 116 Å². The second-order valence-electron chi connectivity index (χ2n) is 4.77. The minimum atomic E-state index is -3.15. The van der Waals surface area contributed by atoms with Gasteiger partial charge in [0.15, 0.2) is 0 Å². The number of rotatable bonds is 10. The van der Waals surface area contributed by atoms with Gasteiger partial charge in [0.2, 0.25) is 10.0 Å². The fourth-order valence-corrected chi connectivity index (χ4v) is 2.96. The van der Waals surface area contributed by atoms with Crippen LogP contribution in [0.1, 0.15) is 51.0 Å². The van der Waals surface area contributed by atoms with Gasteiger partial charge in [-0.3, -0.25) is 4.98 Å². The first kappa shape index (κ1) is 16.1. The molecule has 5 heteroatoms. The Morgan fingerprint density at radius 2 is 1.89 bits per heavy atom. The maximum Gasteiger partial charge on any atom is 0.211 e. The average Bonchev–Trinajstić information content (AvgIpc) is 2.42. The molecule has 1 aromatic heterocycles. The first-order valence-electron chi connectivity index (χ1n) is 7.00. The molecule has 1 N–H and O–H groups in total. The lowest BCUT2D eigenvalue weighted by atomic mass is 10.1. The van der Waals surface area contributed by atoms with E-state index >= 15 is 0 Å². The highest BCUT2D eigenvalue weighted by Gasteiger charge is 2.09. The van der Waals surface area contributed by atoms with Crippen LogP contribution in [0.5, 0.6) is 0 Å². The number of pyridine rings is 1. The van der Waals surface area contributed by atoms with Crippen molar-refractivity contribution in [1.29, 1.82) is 0 Å². The molecule has 1 aromatic rings. The van der Waals surface area contributed by atoms with Gasteiger partial charge in [0.05, 0.1) is 5.75 Å². The summed E-state index contributed by atoms with van der Waals surface area (Å²) < 4.78 is 26.1. The van der Waals surface area contributed by atoms with Crippen LogP contribution in [0.2, 0.25) is 0 Å². The molecule has 0 saturated heterocycles. The number of nitrogens with one attached hydrogen (secondary N) is 1. The van der Waals surface area contributed by atoms with Gasteiger partial charge < -0.3 is 0 Å². The fraction of sp³-hybridized carbons (Fsp3) is 0.643. The summed E-state index contributed by atoms with van der Waals surface area (Å²) in [4.78, 5) is 3.95. The van der Waals surface area contributed by atoms with Crippen LogP contribution in [0.4, 0.5) is 0 Å². The number of aromatic nitrogens is 1. The number of unbranched alkanes of at least 4 members (excludes halogenated alkanes) is 5. The molecule has 0 spiro atoms. The smallest absolute Gasteiger partial charge is 0.211 e. The van der Waals surface area contributed by atoms with Gasteiger partial charge in [-0.05, 0) is 18.1 Å². The highest BCUT2D eigenvalue weighted by Crippen LogP contribution is 2.06. The predicted octanol–water partition coefficient (Wildman–Crippen LogP) is 2.86. The second kappa shape index (κ2) is 9.04. The lowest BCUT2D eigenvalue weighted by molar-refractivity contribution is 0.571. The molecular weight excluding hydrogens is 260 g/mol. The molecule has 0 amide bonds. The standard InChI is InChI=1S/C14H24N2O2S/c1-2-3-4-5-6-7-11-19(17,18)16-13-14-9-8-10-15-12-14/h8-10,12,16H,2-7,11,13H2,1H3. The quantitative estimate of drug-likeness (QED) is 0.672. The summed E-state index contributed by atoms with van der Waals surface area (Å²) in [6.45, 7) is 2.50. The normalized spacial score (nSPS) is 11.6. The van der Waals surface area contributed by atoms with Crippen molar-refractivity contribution in [2.45, 2.75) is 52.0 Å². The van der Waals surface area contributed by atoms with Crippen LogP contribution in [0.15, 0.2) is 24.5 Å². The third-order valence-corrected chi connectivity index (χ3v) is 4.40. The van der Waals surface area contributed by atoms with Crippen molar-refractivity contribution in [3.8, 4) is 0 Å². The van der Waals surface area contributed by atoms with Crippen molar-refractivity contribution >= 4 is 10.0 Å². The van der Waals surface area contributed by atoms with E-state index in [1.165, 1.54) is 19.3 Å². The Morgan fingerprint density at radius 1 is 1.16 bits per heavy atom. The molecule has 0 fully saturated rings. The van der Waals surface area contributed by atoms with Crippen molar-refractivity contribution in [2.75, 3.05) is 5.75 Å². The lowest BCUT2D eigenvalue weighted by Crippen LogP contribution is -2.25. The Bertz CT molecular complexity index is 432. The minimum absolute atomic E-state index is 0.222. The van der Waals surface area contributed by atoms with E-state index in [-0.39, 0.29) is 5.75 Å². The van der Waals surface area contributed by atoms with E-state index in [0.29, 0.717) is 6.54 Å². The van der Waals surface area contributed by atoms with E-state index in [4.69, 9.17) is 0 Å². The highest BCUT2D eigenvalue weighted by atomic mass is 32.2. The van der Waals surface area contributed by atoms with Gasteiger partial charge in [-0.2, -0.15) is 0 Å². The van der Waals surface area contributed by atoms with Gasteiger partial charge in [0.25, 0.3) is 0 Å². The number of hydrogen-bond donors (Lipinski definition) is 1. The maximum absolute atomic E-state index is 11.8. The maximum atomic E-state index is 11.8. The number of sulfonamides is 1. The minimum Gasteiger partial charge on any atom is -0.264 e. The monoisotopic (exact) mass is 284 g/mol. The Morgan fingerprint density at radius 3 is 2.58 bits per heavy atom. The molecule has 0 aliphatic carbocycles. The molecule has 0 radical (unpaired) electrons. The van der Waals surface area contributed by atoms with E-state index < -0.39 is 10.0 Å². The van der Waals surface area contributed by atoms with Crippen LogP contribution in [0, 0.1) is 0 Å². The van der Waals surface area contributed by atoms with Gasteiger partial charge in [-0.15, -0.1) is 0 Å². The molecule has 0 aliphatic rings. The number of hydrogen-bond acceptors (Lipinski definition) is 3. The molecule has 0 atom stereocenters. The van der Waals surface area contributed by atoms with E-state index in [1.807, 2.05) is 6.07 Å². The summed E-state index contributed by atoms with van der Waals surface area (Å²) in [7, 11) is -3.15. The first-order chi connectivity index (χ1) is 9.14. The molecule has 0 bridgehead atoms. The van der Waals surface area contributed by atoms with Crippen LogP contribution in [0.3, 0.4) is 0 Å². The van der Waals surface area contributed by atoms with Crippen molar-refractivity contribution in [2.24, 2.45) is 0 Å². The van der Waals surface area contributed by atoms with Crippen molar-refractivity contribution in [1.82, 2.24) is 9.71 Å². The molecule has 0 saturated carbocycles. The molecule has 4 nitrogen and oxygen atoms in total. The largest absolute Gasteiger partial charge is 0.264 e. The topological polar surface area (TPSA) is 59.1 Å². The van der Waals surface area contributed by atoms with Crippen molar-refractivity contribution in [3.63, 3.8) is 0 Å². The molecule has 0 unspecified atom stereocenters. The predicted molar refractivity (Wildman–Crippen MR) is 78.2 cm³/mol.